The lowest BCUT2D eigenvalue weighted by Gasteiger charge is -2.23. The molecule has 2 N–H and O–H groups in total. The van der Waals surface area contributed by atoms with Gasteiger partial charge in [0.15, 0.2) is 0 Å². The Balaban J connectivity index is 3.03. The number of hydrogen-bond acceptors (Lipinski definition) is 5. The second-order valence-corrected chi connectivity index (χ2v) is 4.76. The van der Waals surface area contributed by atoms with Crippen molar-refractivity contribution in [3.05, 3.63) is 22.7 Å². The molecule has 0 spiro atoms. The van der Waals surface area contributed by atoms with Gasteiger partial charge in [-0.2, -0.15) is 0 Å². The monoisotopic (exact) mass is 316 g/mol. The Bertz CT molecular complexity index is 474. The molecule has 7 heteroatoms. The van der Waals surface area contributed by atoms with Gasteiger partial charge in [0.25, 0.3) is 5.91 Å². The van der Waals surface area contributed by atoms with Crippen LogP contribution in [0, 0.1) is 0 Å². The van der Waals surface area contributed by atoms with E-state index in [1.807, 2.05) is 0 Å². The van der Waals surface area contributed by atoms with Gasteiger partial charge in [-0.1, -0.05) is 11.6 Å². The molecular formula is C14H21ClN2O4. The molecule has 1 amide bonds. The Morgan fingerprint density at radius 2 is 1.76 bits per heavy atom. The summed E-state index contributed by atoms with van der Waals surface area (Å²) in [6.07, 6.45) is 0. The van der Waals surface area contributed by atoms with Crippen LogP contribution in [-0.4, -0.2) is 58.4 Å². The SMILES string of the molecule is COCCN(CCOC)C(=O)c1cc(Cl)c(N)cc1OC. The van der Waals surface area contributed by atoms with E-state index in [2.05, 4.69) is 0 Å². The number of nitrogen functional groups attached to an aromatic ring is 1. The molecule has 0 aliphatic carbocycles. The second-order valence-electron chi connectivity index (χ2n) is 4.35. The lowest BCUT2D eigenvalue weighted by molar-refractivity contribution is 0.0624. The van der Waals surface area contributed by atoms with Gasteiger partial charge in [0.2, 0.25) is 0 Å². The van der Waals surface area contributed by atoms with E-state index >= 15 is 0 Å². The maximum atomic E-state index is 12.6. The molecule has 0 fully saturated rings. The summed E-state index contributed by atoms with van der Waals surface area (Å²) in [6, 6.07) is 3.06. The van der Waals surface area contributed by atoms with Crippen LogP contribution in [0.15, 0.2) is 12.1 Å². The first-order valence-electron chi connectivity index (χ1n) is 6.45. The minimum Gasteiger partial charge on any atom is -0.496 e. The van der Waals surface area contributed by atoms with Crippen LogP contribution < -0.4 is 10.5 Å². The first kappa shape index (κ1) is 17.6. The van der Waals surface area contributed by atoms with Crippen molar-refractivity contribution >= 4 is 23.2 Å². The van der Waals surface area contributed by atoms with Crippen molar-refractivity contribution in [1.29, 1.82) is 0 Å². The van der Waals surface area contributed by atoms with Crippen molar-refractivity contribution in [2.45, 2.75) is 0 Å². The van der Waals surface area contributed by atoms with Crippen LogP contribution in [0.25, 0.3) is 0 Å². The minimum atomic E-state index is -0.206. The number of methoxy groups -OCH3 is 3. The van der Waals surface area contributed by atoms with E-state index in [1.54, 1.807) is 25.2 Å². The highest BCUT2D eigenvalue weighted by Gasteiger charge is 2.20. The van der Waals surface area contributed by atoms with Gasteiger partial charge < -0.3 is 24.8 Å². The highest BCUT2D eigenvalue weighted by atomic mass is 35.5. The molecule has 1 rings (SSSR count). The Kier molecular flexibility index (Phi) is 7.28. The van der Waals surface area contributed by atoms with Gasteiger partial charge in [0.1, 0.15) is 5.75 Å². The van der Waals surface area contributed by atoms with Crippen molar-refractivity contribution < 1.29 is 19.0 Å². The van der Waals surface area contributed by atoms with E-state index in [0.29, 0.717) is 48.3 Å². The zero-order valence-corrected chi connectivity index (χ0v) is 13.3. The fourth-order valence-electron chi connectivity index (χ4n) is 1.79. The number of carbonyl (C=O) groups excluding carboxylic acids is 1. The highest BCUT2D eigenvalue weighted by Crippen LogP contribution is 2.29. The number of nitrogens with zero attached hydrogens (tertiary/aromatic N) is 1. The van der Waals surface area contributed by atoms with E-state index < -0.39 is 0 Å². The van der Waals surface area contributed by atoms with Crippen LogP contribution in [0.2, 0.25) is 5.02 Å². The summed E-state index contributed by atoms with van der Waals surface area (Å²) in [5, 5.41) is 0.317. The number of ether oxygens (including phenoxy) is 3. The first-order chi connectivity index (χ1) is 10.0. The summed E-state index contributed by atoms with van der Waals surface area (Å²) in [6.45, 7) is 1.76. The fraction of sp³-hybridized carbons (Fsp3) is 0.500. The minimum absolute atomic E-state index is 0.206. The molecule has 0 saturated heterocycles. The van der Waals surface area contributed by atoms with Gasteiger partial charge >= 0.3 is 0 Å². The average Bonchev–Trinajstić information content (AvgIpc) is 2.49. The van der Waals surface area contributed by atoms with Gasteiger partial charge in [-0.3, -0.25) is 4.79 Å². The molecule has 0 aliphatic heterocycles. The topological polar surface area (TPSA) is 74.0 Å². The Hall–Kier alpha value is -1.50. The normalized spacial score (nSPS) is 10.5. The van der Waals surface area contributed by atoms with Crippen molar-refractivity contribution in [2.24, 2.45) is 0 Å². The van der Waals surface area contributed by atoms with Gasteiger partial charge in [0.05, 0.1) is 36.6 Å². The molecule has 1 aromatic rings. The zero-order valence-electron chi connectivity index (χ0n) is 12.5. The van der Waals surface area contributed by atoms with Crippen LogP contribution in [0.4, 0.5) is 5.69 Å². The predicted molar refractivity (Wildman–Crippen MR) is 82.1 cm³/mol. The number of rotatable bonds is 8. The second kappa shape index (κ2) is 8.71. The molecule has 0 bridgehead atoms. The number of benzene rings is 1. The third kappa shape index (κ3) is 4.77. The van der Waals surface area contributed by atoms with Gasteiger partial charge in [0, 0.05) is 33.4 Å². The maximum absolute atomic E-state index is 12.6. The summed E-state index contributed by atoms with van der Waals surface area (Å²) in [4.78, 5) is 14.3. The Morgan fingerprint density at radius 1 is 1.19 bits per heavy atom. The number of halogens is 1. The molecule has 1 aromatic carbocycles. The number of nitrogens with two attached hydrogens (primary N) is 1. The standard InChI is InChI=1S/C14H21ClN2O4/c1-19-6-4-17(5-7-20-2)14(18)10-8-11(15)12(16)9-13(10)21-3/h8-9H,4-7,16H2,1-3H3. The smallest absolute Gasteiger partial charge is 0.257 e. The third-order valence-corrected chi connectivity index (χ3v) is 3.29. The molecule has 0 unspecified atom stereocenters. The Labute approximate surface area is 129 Å². The van der Waals surface area contributed by atoms with Crippen molar-refractivity contribution in [3.8, 4) is 5.75 Å². The molecule has 21 heavy (non-hydrogen) atoms. The quantitative estimate of drug-likeness (QED) is 0.738. The van der Waals surface area contributed by atoms with Gasteiger partial charge in [-0.15, -0.1) is 0 Å². The number of amides is 1. The summed E-state index contributed by atoms with van der Waals surface area (Å²) in [7, 11) is 4.65. The number of carbonyl (C=O) groups is 1. The molecule has 0 heterocycles. The van der Waals surface area contributed by atoms with E-state index in [9.17, 15) is 4.79 Å². The molecule has 0 atom stereocenters. The molecule has 6 nitrogen and oxygen atoms in total. The van der Waals surface area contributed by atoms with Crippen molar-refractivity contribution in [1.82, 2.24) is 4.90 Å². The van der Waals surface area contributed by atoms with Gasteiger partial charge in [-0.05, 0) is 6.07 Å². The van der Waals surface area contributed by atoms with E-state index in [-0.39, 0.29) is 5.91 Å². The zero-order chi connectivity index (χ0) is 15.8. The van der Waals surface area contributed by atoms with Crippen LogP contribution >= 0.6 is 11.6 Å². The summed E-state index contributed by atoms with van der Waals surface area (Å²) in [5.74, 6) is 0.185. The van der Waals surface area contributed by atoms with Crippen LogP contribution in [0.3, 0.4) is 0 Å². The molecule has 0 saturated carbocycles. The van der Waals surface area contributed by atoms with Crippen molar-refractivity contribution in [2.75, 3.05) is 53.4 Å². The summed E-state index contributed by atoms with van der Waals surface area (Å²) < 4.78 is 15.3. The number of anilines is 1. The molecule has 0 aliphatic rings. The van der Waals surface area contributed by atoms with Crippen molar-refractivity contribution in [3.63, 3.8) is 0 Å². The fourth-order valence-corrected chi connectivity index (χ4v) is 1.96. The maximum Gasteiger partial charge on any atom is 0.257 e. The molecular weight excluding hydrogens is 296 g/mol. The predicted octanol–water partition coefficient (Wildman–Crippen LogP) is 1.67. The lowest BCUT2D eigenvalue weighted by atomic mass is 10.1. The average molecular weight is 317 g/mol. The number of hydrogen-bond donors (Lipinski definition) is 1. The summed E-state index contributed by atoms with van der Waals surface area (Å²) >= 11 is 6.00. The van der Waals surface area contributed by atoms with Crippen LogP contribution in [-0.2, 0) is 9.47 Å². The first-order valence-corrected chi connectivity index (χ1v) is 6.83. The van der Waals surface area contributed by atoms with E-state index in [4.69, 9.17) is 31.5 Å². The lowest BCUT2D eigenvalue weighted by Crippen LogP contribution is -2.36. The summed E-state index contributed by atoms with van der Waals surface area (Å²) in [5.41, 5.74) is 6.46. The Morgan fingerprint density at radius 3 is 2.24 bits per heavy atom. The molecule has 0 radical (unpaired) electrons. The van der Waals surface area contributed by atoms with Crippen LogP contribution in [0.5, 0.6) is 5.75 Å². The van der Waals surface area contributed by atoms with Gasteiger partial charge in [-0.25, -0.2) is 0 Å². The van der Waals surface area contributed by atoms with Crippen LogP contribution in [0.1, 0.15) is 10.4 Å². The molecule has 118 valence electrons. The van der Waals surface area contributed by atoms with E-state index in [0.717, 1.165) is 0 Å². The third-order valence-electron chi connectivity index (χ3n) is 2.97. The highest BCUT2D eigenvalue weighted by molar-refractivity contribution is 6.33. The van der Waals surface area contributed by atoms with E-state index in [1.165, 1.54) is 13.2 Å². The largest absolute Gasteiger partial charge is 0.496 e. The molecule has 0 aromatic heterocycles.